The van der Waals surface area contributed by atoms with E-state index in [4.69, 9.17) is 16.0 Å². The van der Waals surface area contributed by atoms with Crippen molar-refractivity contribution in [2.75, 3.05) is 5.32 Å². The number of amides is 2. The lowest BCUT2D eigenvalue weighted by atomic mass is 10.1. The van der Waals surface area contributed by atoms with Gasteiger partial charge in [0.1, 0.15) is 17.0 Å². The Morgan fingerprint density at radius 3 is 2.39 bits per heavy atom. The summed E-state index contributed by atoms with van der Waals surface area (Å²) in [6.45, 7) is 0. The maximum atomic E-state index is 13.3. The monoisotopic (exact) mass is 582 g/mol. The van der Waals surface area contributed by atoms with Crippen molar-refractivity contribution in [1.29, 1.82) is 0 Å². The molecule has 4 aromatic carbocycles. The number of halogens is 1. The van der Waals surface area contributed by atoms with Crippen LogP contribution in [0.4, 0.5) is 5.69 Å². The summed E-state index contributed by atoms with van der Waals surface area (Å²) in [5, 5.41) is 16.3. The standard InChI is InChI=1S/C32H23ClN2O5S/c33-27-9-5-4-8-21(27)17-28(35-30(37)20-6-2-1-3-7-20)31(38)34-24-11-14-26(15-12-24)41-19-23-16-22-10-13-25(36)18-29(22)40-32(23)39/h1-18,36H,19H2,(H,34,38)(H,35,37)/b28-17-. The van der Waals surface area contributed by atoms with Crippen LogP contribution in [-0.4, -0.2) is 16.9 Å². The fourth-order valence-electron chi connectivity index (χ4n) is 3.93. The minimum absolute atomic E-state index is 0.0278. The molecule has 0 aliphatic heterocycles. The third-order valence-corrected chi connectivity index (χ3v) is 7.44. The van der Waals surface area contributed by atoms with Gasteiger partial charge in [-0.05, 0) is 72.3 Å². The summed E-state index contributed by atoms with van der Waals surface area (Å²) in [7, 11) is 0. The first-order valence-corrected chi connectivity index (χ1v) is 13.8. The number of phenols is 1. The second-order valence-electron chi connectivity index (χ2n) is 8.95. The first kappa shape index (κ1) is 27.8. The van der Waals surface area contributed by atoms with Crippen LogP contribution < -0.4 is 16.3 Å². The Labute approximate surface area is 244 Å². The Morgan fingerprint density at radius 1 is 0.902 bits per heavy atom. The third kappa shape index (κ3) is 7.05. The van der Waals surface area contributed by atoms with E-state index in [1.54, 1.807) is 78.9 Å². The fraction of sp³-hybridized carbons (Fsp3) is 0.0312. The Bertz CT molecular complexity index is 1820. The van der Waals surface area contributed by atoms with Gasteiger partial charge in [0.05, 0.1) is 0 Å². The van der Waals surface area contributed by atoms with Crippen LogP contribution in [0.3, 0.4) is 0 Å². The van der Waals surface area contributed by atoms with Crippen molar-refractivity contribution in [3.63, 3.8) is 0 Å². The molecule has 41 heavy (non-hydrogen) atoms. The summed E-state index contributed by atoms with van der Waals surface area (Å²) in [5.74, 6) is -0.545. The molecule has 7 nitrogen and oxygen atoms in total. The Hall–Kier alpha value is -4.79. The summed E-state index contributed by atoms with van der Waals surface area (Å²) in [5.41, 5.74) is 1.89. The molecular weight excluding hydrogens is 560 g/mol. The molecule has 0 saturated heterocycles. The molecule has 204 valence electrons. The van der Waals surface area contributed by atoms with E-state index in [2.05, 4.69) is 10.6 Å². The number of carbonyl (C=O) groups excluding carboxylic acids is 2. The lowest BCUT2D eigenvalue weighted by Gasteiger charge is -2.12. The molecule has 0 atom stereocenters. The molecule has 9 heteroatoms. The fourth-order valence-corrected chi connectivity index (χ4v) is 4.97. The van der Waals surface area contributed by atoms with Crippen LogP contribution >= 0.6 is 23.4 Å². The van der Waals surface area contributed by atoms with Crippen LogP contribution in [0.2, 0.25) is 5.02 Å². The highest BCUT2D eigenvalue weighted by atomic mass is 35.5. The van der Waals surface area contributed by atoms with Gasteiger partial charge < -0.3 is 20.2 Å². The number of anilines is 1. The second-order valence-corrected chi connectivity index (χ2v) is 10.4. The van der Waals surface area contributed by atoms with E-state index in [0.717, 1.165) is 10.3 Å². The lowest BCUT2D eigenvalue weighted by molar-refractivity contribution is -0.113. The third-order valence-electron chi connectivity index (χ3n) is 6.03. The van der Waals surface area contributed by atoms with Crippen LogP contribution in [0, 0.1) is 0 Å². The highest BCUT2D eigenvalue weighted by Gasteiger charge is 2.16. The predicted octanol–water partition coefficient (Wildman–Crippen LogP) is 6.85. The summed E-state index contributed by atoms with van der Waals surface area (Å²) in [6, 6.07) is 29.1. The van der Waals surface area contributed by atoms with Crippen molar-refractivity contribution in [2.45, 2.75) is 10.6 Å². The van der Waals surface area contributed by atoms with E-state index in [1.165, 1.54) is 30.0 Å². The molecule has 0 aliphatic carbocycles. The predicted molar refractivity (Wildman–Crippen MR) is 162 cm³/mol. The number of thioether (sulfide) groups is 1. The van der Waals surface area contributed by atoms with E-state index in [0.29, 0.717) is 38.7 Å². The van der Waals surface area contributed by atoms with Crippen molar-refractivity contribution in [3.05, 3.63) is 141 Å². The maximum absolute atomic E-state index is 13.3. The largest absolute Gasteiger partial charge is 0.508 e. The molecule has 1 heterocycles. The van der Waals surface area contributed by atoms with Gasteiger partial charge in [-0.15, -0.1) is 11.8 Å². The Balaban J connectivity index is 1.29. The van der Waals surface area contributed by atoms with E-state index in [1.807, 2.05) is 12.1 Å². The lowest BCUT2D eigenvalue weighted by Crippen LogP contribution is -2.30. The van der Waals surface area contributed by atoms with Crippen LogP contribution in [-0.2, 0) is 10.5 Å². The number of fused-ring (bicyclic) bond motifs is 1. The molecule has 0 unspecified atom stereocenters. The zero-order chi connectivity index (χ0) is 28.8. The van der Waals surface area contributed by atoms with Crippen molar-refractivity contribution in [3.8, 4) is 5.75 Å². The van der Waals surface area contributed by atoms with Gasteiger partial charge >= 0.3 is 5.63 Å². The summed E-state index contributed by atoms with van der Waals surface area (Å²) < 4.78 is 5.33. The minimum Gasteiger partial charge on any atom is -0.508 e. The topological polar surface area (TPSA) is 109 Å². The highest BCUT2D eigenvalue weighted by Crippen LogP contribution is 2.26. The molecule has 0 spiro atoms. The van der Waals surface area contributed by atoms with Gasteiger partial charge in [0, 0.05) is 43.9 Å². The zero-order valence-electron chi connectivity index (χ0n) is 21.5. The van der Waals surface area contributed by atoms with Crippen molar-refractivity contribution in [2.24, 2.45) is 0 Å². The average molecular weight is 583 g/mol. The van der Waals surface area contributed by atoms with Gasteiger partial charge in [-0.25, -0.2) is 4.79 Å². The first-order chi connectivity index (χ1) is 19.9. The van der Waals surface area contributed by atoms with Gasteiger partial charge in [-0.1, -0.05) is 48.0 Å². The number of hydrogen-bond acceptors (Lipinski definition) is 6. The zero-order valence-corrected chi connectivity index (χ0v) is 23.0. The van der Waals surface area contributed by atoms with E-state index < -0.39 is 17.4 Å². The molecule has 3 N–H and O–H groups in total. The molecule has 5 aromatic rings. The quantitative estimate of drug-likeness (QED) is 0.105. The average Bonchev–Trinajstić information content (AvgIpc) is 2.98. The number of rotatable bonds is 8. The number of aromatic hydroxyl groups is 1. The molecular formula is C32H23ClN2O5S. The molecule has 0 radical (unpaired) electrons. The Kier molecular flexibility index (Phi) is 8.53. The van der Waals surface area contributed by atoms with Gasteiger partial charge in [0.25, 0.3) is 11.8 Å². The molecule has 2 amide bonds. The van der Waals surface area contributed by atoms with Crippen LogP contribution in [0.25, 0.3) is 17.0 Å². The number of hydrogen-bond donors (Lipinski definition) is 3. The smallest absolute Gasteiger partial charge is 0.340 e. The summed E-state index contributed by atoms with van der Waals surface area (Å²) >= 11 is 7.73. The highest BCUT2D eigenvalue weighted by molar-refractivity contribution is 7.98. The number of phenolic OH excluding ortho intramolecular Hbond substituents is 1. The van der Waals surface area contributed by atoms with E-state index in [9.17, 15) is 19.5 Å². The first-order valence-electron chi connectivity index (χ1n) is 12.5. The Morgan fingerprint density at radius 2 is 1.63 bits per heavy atom. The van der Waals surface area contributed by atoms with Crippen molar-refractivity contribution >= 4 is 57.9 Å². The van der Waals surface area contributed by atoms with Gasteiger partial charge in [0.15, 0.2) is 0 Å². The molecule has 0 fully saturated rings. The second kappa shape index (κ2) is 12.6. The molecule has 0 bridgehead atoms. The van der Waals surface area contributed by atoms with Crippen LogP contribution in [0.1, 0.15) is 21.5 Å². The van der Waals surface area contributed by atoms with Gasteiger partial charge in [0.2, 0.25) is 0 Å². The summed E-state index contributed by atoms with van der Waals surface area (Å²) in [6.07, 6.45) is 1.53. The van der Waals surface area contributed by atoms with E-state index >= 15 is 0 Å². The molecule has 1 aromatic heterocycles. The normalized spacial score (nSPS) is 11.3. The molecule has 0 saturated carbocycles. The van der Waals surface area contributed by atoms with Crippen molar-refractivity contribution in [1.82, 2.24) is 5.32 Å². The van der Waals surface area contributed by atoms with Gasteiger partial charge in [-0.2, -0.15) is 0 Å². The molecule has 5 rings (SSSR count). The SMILES string of the molecule is O=C(Nc1ccc(SCc2cc3ccc(O)cc3oc2=O)cc1)/C(=C/c1ccccc1Cl)NC(=O)c1ccccc1. The maximum Gasteiger partial charge on any atom is 0.340 e. The van der Waals surface area contributed by atoms with Crippen molar-refractivity contribution < 1.29 is 19.1 Å². The van der Waals surface area contributed by atoms with E-state index in [-0.39, 0.29) is 11.4 Å². The minimum atomic E-state index is -0.519. The number of carbonyl (C=O) groups is 2. The van der Waals surface area contributed by atoms with Gasteiger partial charge in [-0.3, -0.25) is 9.59 Å². The van der Waals surface area contributed by atoms with Crippen LogP contribution in [0.15, 0.2) is 123 Å². The summed E-state index contributed by atoms with van der Waals surface area (Å²) in [4.78, 5) is 39.3. The number of benzene rings is 4. The number of nitrogens with one attached hydrogen (secondary N) is 2. The van der Waals surface area contributed by atoms with Crippen LogP contribution in [0.5, 0.6) is 5.75 Å². The molecule has 0 aliphatic rings.